The average molecular weight is 444 g/mol. The van der Waals surface area contributed by atoms with Crippen molar-refractivity contribution < 1.29 is 9.18 Å². The number of pyridine rings is 1. The molecule has 7 heteroatoms. The number of piperidine rings is 1. The predicted molar refractivity (Wildman–Crippen MR) is 126 cm³/mol. The molecule has 0 aliphatic carbocycles. The van der Waals surface area contributed by atoms with Crippen molar-refractivity contribution in [1.82, 2.24) is 19.7 Å². The standard InChI is InChI=1S/C26H26FN5O/c27-23-8-4-7-20-9-10-21(29-26(20)23)18-31-15-12-22(13-16-31)32-24(11-14-28-32)30-25(33)17-19-5-2-1-3-6-19/h1-11,14,22H,12-13,15-18H2,(H,30,33). The highest BCUT2D eigenvalue weighted by atomic mass is 19.1. The molecule has 6 nitrogen and oxygen atoms in total. The number of benzene rings is 2. The topological polar surface area (TPSA) is 63.1 Å². The van der Waals surface area contributed by atoms with Crippen LogP contribution in [-0.2, 0) is 17.8 Å². The van der Waals surface area contributed by atoms with Crippen LogP contribution in [0.15, 0.2) is 72.9 Å². The monoisotopic (exact) mass is 443 g/mol. The normalized spacial score (nSPS) is 15.1. The molecule has 3 heterocycles. The van der Waals surface area contributed by atoms with E-state index in [1.54, 1.807) is 12.3 Å². The molecule has 1 aliphatic heterocycles. The molecule has 0 unspecified atom stereocenters. The molecule has 4 aromatic rings. The summed E-state index contributed by atoms with van der Waals surface area (Å²) in [7, 11) is 0. The van der Waals surface area contributed by atoms with Gasteiger partial charge in [0.25, 0.3) is 0 Å². The number of hydrogen-bond acceptors (Lipinski definition) is 4. The van der Waals surface area contributed by atoms with E-state index in [1.165, 1.54) is 6.07 Å². The van der Waals surface area contributed by atoms with Crippen LogP contribution in [0, 0.1) is 5.82 Å². The van der Waals surface area contributed by atoms with E-state index in [2.05, 4.69) is 20.3 Å². The van der Waals surface area contributed by atoms with E-state index in [9.17, 15) is 9.18 Å². The van der Waals surface area contributed by atoms with Crippen LogP contribution in [0.1, 0.15) is 30.1 Å². The van der Waals surface area contributed by atoms with E-state index in [1.807, 2.05) is 59.3 Å². The zero-order chi connectivity index (χ0) is 22.6. The maximum absolute atomic E-state index is 14.1. The number of likely N-dealkylation sites (tertiary alicyclic amines) is 1. The lowest BCUT2D eigenvalue weighted by Gasteiger charge is -2.32. The largest absolute Gasteiger partial charge is 0.311 e. The molecule has 1 saturated heterocycles. The van der Waals surface area contributed by atoms with Gasteiger partial charge in [-0.15, -0.1) is 0 Å². The minimum Gasteiger partial charge on any atom is -0.311 e. The second-order valence-corrected chi connectivity index (χ2v) is 8.49. The number of halogens is 1. The Morgan fingerprint density at radius 1 is 1.00 bits per heavy atom. The van der Waals surface area contributed by atoms with Crippen LogP contribution in [0.4, 0.5) is 10.2 Å². The van der Waals surface area contributed by atoms with Crippen molar-refractivity contribution in [1.29, 1.82) is 0 Å². The second kappa shape index (κ2) is 9.50. The number of rotatable bonds is 6. The van der Waals surface area contributed by atoms with E-state index < -0.39 is 0 Å². The molecule has 0 saturated carbocycles. The summed E-state index contributed by atoms with van der Waals surface area (Å²) in [4.78, 5) is 19.4. The number of para-hydroxylation sites is 1. The minimum absolute atomic E-state index is 0.0463. The Balaban J connectivity index is 1.18. The van der Waals surface area contributed by atoms with E-state index in [-0.39, 0.29) is 17.8 Å². The summed E-state index contributed by atoms with van der Waals surface area (Å²) in [6, 6.07) is 20.7. The number of hydrogen-bond donors (Lipinski definition) is 1. The van der Waals surface area contributed by atoms with Gasteiger partial charge in [0.05, 0.1) is 24.4 Å². The van der Waals surface area contributed by atoms with E-state index in [0.29, 0.717) is 18.5 Å². The number of nitrogens with zero attached hydrogens (tertiary/aromatic N) is 4. The predicted octanol–water partition coefficient (Wildman–Crippen LogP) is 4.59. The van der Waals surface area contributed by atoms with Crippen LogP contribution in [0.5, 0.6) is 0 Å². The van der Waals surface area contributed by atoms with Crippen LogP contribution < -0.4 is 5.32 Å². The summed E-state index contributed by atoms with van der Waals surface area (Å²) >= 11 is 0. The number of anilines is 1. The summed E-state index contributed by atoms with van der Waals surface area (Å²) in [5, 5.41) is 8.31. The van der Waals surface area contributed by atoms with E-state index in [4.69, 9.17) is 0 Å². The lowest BCUT2D eigenvalue weighted by Crippen LogP contribution is -2.35. The molecule has 5 rings (SSSR count). The zero-order valence-electron chi connectivity index (χ0n) is 18.3. The third-order valence-corrected chi connectivity index (χ3v) is 6.16. The first-order valence-electron chi connectivity index (χ1n) is 11.3. The quantitative estimate of drug-likeness (QED) is 0.474. The fraction of sp³-hybridized carbons (Fsp3) is 0.269. The van der Waals surface area contributed by atoms with Gasteiger partial charge in [0.15, 0.2) is 0 Å². The Bertz CT molecular complexity index is 1250. The first-order chi connectivity index (χ1) is 16.2. The molecule has 0 spiro atoms. The van der Waals surface area contributed by atoms with Crippen molar-refractivity contribution in [2.24, 2.45) is 0 Å². The molecule has 168 valence electrons. The van der Waals surface area contributed by atoms with Crippen molar-refractivity contribution in [3.8, 4) is 0 Å². The molecule has 1 fully saturated rings. The molecule has 0 radical (unpaired) electrons. The molecule has 0 bridgehead atoms. The fourth-order valence-corrected chi connectivity index (χ4v) is 4.46. The number of carbonyl (C=O) groups is 1. The molecular weight excluding hydrogens is 417 g/mol. The highest BCUT2D eigenvalue weighted by Crippen LogP contribution is 2.26. The van der Waals surface area contributed by atoms with Gasteiger partial charge in [-0.05, 0) is 30.5 Å². The number of carbonyl (C=O) groups excluding carboxylic acids is 1. The van der Waals surface area contributed by atoms with Crippen molar-refractivity contribution >= 4 is 22.6 Å². The number of fused-ring (bicyclic) bond motifs is 1. The lowest BCUT2D eigenvalue weighted by molar-refractivity contribution is -0.115. The van der Waals surface area contributed by atoms with Crippen LogP contribution in [0.25, 0.3) is 10.9 Å². The highest BCUT2D eigenvalue weighted by Gasteiger charge is 2.23. The average Bonchev–Trinajstić information content (AvgIpc) is 3.29. The Kier molecular flexibility index (Phi) is 6.13. The third-order valence-electron chi connectivity index (χ3n) is 6.16. The van der Waals surface area contributed by atoms with Crippen LogP contribution in [-0.4, -0.2) is 38.7 Å². The van der Waals surface area contributed by atoms with Crippen LogP contribution >= 0.6 is 0 Å². The van der Waals surface area contributed by atoms with Gasteiger partial charge < -0.3 is 5.32 Å². The van der Waals surface area contributed by atoms with Crippen LogP contribution in [0.2, 0.25) is 0 Å². The Labute approximate surface area is 192 Å². The maximum Gasteiger partial charge on any atom is 0.229 e. The van der Waals surface area contributed by atoms with Gasteiger partial charge in [0.2, 0.25) is 5.91 Å². The van der Waals surface area contributed by atoms with Crippen LogP contribution in [0.3, 0.4) is 0 Å². The maximum atomic E-state index is 14.1. The van der Waals surface area contributed by atoms with Gasteiger partial charge in [0.1, 0.15) is 17.2 Å². The summed E-state index contributed by atoms with van der Waals surface area (Å²) in [5.41, 5.74) is 2.29. The number of aromatic nitrogens is 3. The smallest absolute Gasteiger partial charge is 0.229 e. The molecule has 0 atom stereocenters. The molecular formula is C26H26FN5O. The minimum atomic E-state index is -0.284. The summed E-state index contributed by atoms with van der Waals surface area (Å²) in [6.07, 6.45) is 3.91. The molecule has 1 amide bonds. The van der Waals surface area contributed by atoms with Crippen molar-refractivity contribution in [2.75, 3.05) is 18.4 Å². The van der Waals surface area contributed by atoms with Crippen molar-refractivity contribution in [3.63, 3.8) is 0 Å². The molecule has 33 heavy (non-hydrogen) atoms. The summed E-state index contributed by atoms with van der Waals surface area (Å²) < 4.78 is 16.0. The molecule has 2 aromatic heterocycles. The summed E-state index contributed by atoms with van der Waals surface area (Å²) in [6.45, 7) is 2.47. The Morgan fingerprint density at radius 3 is 2.64 bits per heavy atom. The van der Waals surface area contributed by atoms with Gasteiger partial charge in [-0.1, -0.05) is 48.5 Å². The SMILES string of the molecule is O=C(Cc1ccccc1)Nc1ccnn1C1CCN(Cc2ccc3cccc(F)c3n2)CC1. The summed E-state index contributed by atoms with van der Waals surface area (Å²) in [5.74, 6) is 0.407. The Hall–Kier alpha value is -3.58. The molecule has 2 aromatic carbocycles. The van der Waals surface area contributed by atoms with Gasteiger partial charge in [-0.2, -0.15) is 5.10 Å². The zero-order valence-corrected chi connectivity index (χ0v) is 18.3. The Morgan fingerprint density at radius 2 is 1.82 bits per heavy atom. The fourth-order valence-electron chi connectivity index (χ4n) is 4.46. The number of amides is 1. The number of nitrogens with one attached hydrogen (secondary N) is 1. The second-order valence-electron chi connectivity index (χ2n) is 8.49. The van der Waals surface area contributed by atoms with E-state index in [0.717, 1.165) is 48.4 Å². The lowest BCUT2D eigenvalue weighted by atomic mass is 10.0. The molecule has 1 aliphatic rings. The first kappa shape index (κ1) is 21.3. The first-order valence-corrected chi connectivity index (χ1v) is 11.3. The molecule has 1 N–H and O–H groups in total. The van der Waals surface area contributed by atoms with Gasteiger partial charge in [-0.25, -0.2) is 14.1 Å². The van der Waals surface area contributed by atoms with Gasteiger partial charge in [0, 0.05) is 31.1 Å². The van der Waals surface area contributed by atoms with Gasteiger partial charge >= 0.3 is 0 Å². The van der Waals surface area contributed by atoms with Gasteiger partial charge in [-0.3, -0.25) is 9.69 Å². The third kappa shape index (κ3) is 4.93. The van der Waals surface area contributed by atoms with E-state index >= 15 is 0 Å². The highest BCUT2D eigenvalue weighted by molar-refractivity contribution is 5.91. The van der Waals surface area contributed by atoms with Crippen molar-refractivity contribution in [2.45, 2.75) is 31.8 Å². The van der Waals surface area contributed by atoms with Crippen molar-refractivity contribution in [3.05, 3.63) is 90.0 Å².